The van der Waals surface area contributed by atoms with Gasteiger partial charge >= 0.3 is 0 Å². The first-order chi connectivity index (χ1) is 12.5. The number of hydrogen-bond acceptors (Lipinski definition) is 7. The Balaban J connectivity index is 1.75. The van der Waals surface area contributed by atoms with Gasteiger partial charge in [0.05, 0.1) is 5.69 Å². The first-order valence-corrected chi connectivity index (χ1v) is 7.34. The number of anilines is 4. The number of nitrogens with one attached hydrogen (secondary N) is 3. The molecule has 26 heavy (non-hydrogen) atoms. The first-order valence-electron chi connectivity index (χ1n) is 7.34. The van der Waals surface area contributed by atoms with Crippen LogP contribution in [0.25, 0.3) is 0 Å². The Morgan fingerprint density at radius 3 is 2.62 bits per heavy atom. The van der Waals surface area contributed by atoms with E-state index in [4.69, 9.17) is 5.73 Å². The number of carbonyl (C=O) groups is 1. The number of benzene rings is 1. The van der Waals surface area contributed by atoms with Gasteiger partial charge in [-0.2, -0.15) is 0 Å². The zero-order valence-corrected chi connectivity index (χ0v) is 13.2. The molecule has 3 aromatic rings. The van der Waals surface area contributed by atoms with Crippen molar-refractivity contribution >= 4 is 28.9 Å². The highest BCUT2D eigenvalue weighted by atomic mass is 19.1. The molecule has 0 spiro atoms. The third-order valence-corrected chi connectivity index (χ3v) is 3.26. The monoisotopic (exact) mass is 357 g/mol. The minimum absolute atomic E-state index is 0.00233. The summed E-state index contributed by atoms with van der Waals surface area (Å²) in [5.41, 5.74) is 10.9. The number of nitrogens with zero attached hydrogens (tertiary/aromatic N) is 3. The molecular formula is C16H13F2N7O. The van der Waals surface area contributed by atoms with Crippen LogP contribution in [0.3, 0.4) is 0 Å². The van der Waals surface area contributed by atoms with Gasteiger partial charge in [-0.25, -0.2) is 18.7 Å². The van der Waals surface area contributed by atoms with Crippen molar-refractivity contribution in [1.82, 2.24) is 20.4 Å². The van der Waals surface area contributed by atoms with Crippen molar-refractivity contribution in [2.75, 3.05) is 16.5 Å². The molecule has 0 aliphatic rings. The lowest BCUT2D eigenvalue weighted by Gasteiger charge is -2.13. The summed E-state index contributed by atoms with van der Waals surface area (Å²) in [5, 5.41) is 2.58. The molecule has 2 heterocycles. The number of hydrazine groups is 1. The fraction of sp³-hybridized carbons (Fsp3) is 0. The van der Waals surface area contributed by atoms with E-state index >= 15 is 0 Å². The summed E-state index contributed by atoms with van der Waals surface area (Å²) >= 11 is 0. The van der Waals surface area contributed by atoms with Crippen LogP contribution in [0.2, 0.25) is 0 Å². The largest absolute Gasteiger partial charge is 0.393 e. The molecule has 0 bridgehead atoms. The van der Waals surface area contributed by atoms with E-state index in [0.29, 0.717) is 0 Å². The summed E-state index contributed by atoms with van der Waals surface area (Å²) in [4.78, 5) is 23.6. The minimum atomic E-state index is -0.678. The van der Waals surface area contributed by atoms with E-state index < -0.39 is 17.5 Å². The Hall–Kier alpha value is -3.82. The van der Waals surface area contributed by atoms with Crippen LogP contribution >= 0.6 is 0 Å². The molecule has 2 aromatic heterocycles. The number of halogens is 2. The number of rotatable bonds is 5. The van der Waals surface area contributed by atoms with Gasteiger partial charge in [0.25, 0.3) is 5.91 Å². The van der Waals surface area contributed by atoms with Gasteiger partial charge in [-0.05, 0) is 24.3 Å². The maximum atomic E-state index is 13.7. The number of pyridine rings is 1. The Labute approximate surface area is 146 Å². The Morgan fingerprint density at radius 1 is 1.04 bits per heavy atom. The van der Waals surface area contributed by atoms with E-state index in [1.165, 1.54) is 12.3 Å². The molecule has 0 saturated carbocycles. The van der Waals surface area contributed by atoms with E-state index in [1.54, 1.807) is 12.1 Å². The van der Waals surface area contributed by atoms with Crippen LogP contribution in [-0.2, 0) is 0 Å². The molecule has 0 aliphatic carbocycles. The molecule has 8 nitrogen and oxygen atoms in total. The summed E-state index contributed by atoms with van der Waals surface area (Å²) in [6, 6.07) is 7.80. The average Bonchev–Trinajstić information content (AvgIpc) is 2.66. The Kier molecular flexibility index (Phi) is 4.83. The van der Waals surface area contributed by atoms with Crippen LogP contribution in [0, 0.1) is 11.6 Å². The van der Waals surface area contributed by atoms with E-state index in [1.807, 2.05) is 0 Å². The number of carbonyl (C=O) groups excluding carboxylic acids is 1. The van der Waals surface area contributed by atoms with Gasteiger partial charge in [0.1, 0.15) is 29.3 Å². The van der Waals surface area contributed by atoms with Gasteiger partial charge in [-0.1, -0.05) is 6.07 Å². The SMILES string of the molecule is Nc1c(NNC(=O)c2ccccn2)ncnc1Nc1cc(F)ccc1F. The van der Waals surface area contributed by atoms with Crippen molar-refractivity contribution in [3.8, 4) is 0 Å². The highest BCUT2D eigenvalue weighted by Gasteiger charge is 2.12. The van der Waals surface area contributed by atoms with Gasteiger partial charge < -0.3 is 11.1 Å². The maximum absolute atomic E-state index is 13.7. The molecule has 1 amide bonds. The van der Waals surface area contributed by atoms with Crippen molar-refractivity contribution in [3.05, 3.63) is 66.3 Å². The molecule has 1 aromatic carbocycles. The van der Waals surface area contributed by atoms with Crippen molar-refractivity contribution in [1.29, 1.82) is 0 Å². The molecule has 3 rings (SSSR count). The molecule has 0 radical (unpaired) electrons. The van der Waals surface area contributed by atoms with Gasteiger partial charge in [0.2, 0.25) is 0 Å². The summed E-state index contributed by atoms with van der Waals surface area (Å²) in [5.74, 6) is -1.69. The zero-order valence-electron chi connectivity index (χ0n) is 13.2. The van der Waals surface area contributed by atoms with Gasteiger partial charge in [-0.15, -0.1) is 0 Å². The molecule has 0 fully saturated rings. The molecule has 0 saturated heterocycles. The predicted molar refractivity (Wildman–Crippen MR) is 91.4 cm³/mol. The average molecular weight is 357 g/mol. The Bertz CT molecular complexity index is 937. The first kappa shape index (κ1) is 17.0. The highest BCUT2D eigenvalue weighted by molar-refractivity contribution is 5.93. The standard InChI is InChI=1S/C16H13F2N7O/c17-9-4-5-10(18)12(7-9)23-14-13(19)15(22-8-21-14)24-25-16(26)11-3-1-2-6-20-11/h1-8H,19H2,(H,25,26)(H2,21,22,23,24). The lowest BCUT2D eigenvalue weighted by atomic mass is 10.3. The zero-order chi connectivity index (χ0) is 18.5. The number of nitrogen functional groups attached to an aromatic ring is 1. The molecular weight excluding hydrogens is 344 g/mol. The van der Waals surface area contributed by atoms with Crippen molar-refractivity contribution in [2.24, 2.45) is 0 Å². The second-order valence-corrected chi connectivity index (χ2v) is 5.03. The van der Waals surface area contributed by atoms with Crippen LogP contribution in [0.1, 0.15) is 10.5 Å². The summed E-state index contributed by atoms with van der Waals surface area (Å²) in [7, 11) is 0. The van der Waals surface area contributed by atoms with Crippen LogP contribution < -0.4 is 21.9 Å². The third kappa shape index (κ3) is 3.80. The molecule has 0 unspecified atom stereocenters. The molecule has 5 N–H and O–H groups in total. The number of nitrogens with two attached hydrogens (primary N) is 1. The number of hydrogen-bond donors (Lipinski definition) is 4. The smallest absolute Gasteiger partial charge is 0.288 e. The number of amides is 1. The van der Waals surface area contributed by atoms with E-state index in [-0.39, 0.29) is 28.7 Å². The van der Waals surface area contributed by atoms with E-state index in [9.17, 15) is 13.6 Å². The second-order valence-electron chi connectivity index (χ2n) is 5.03. The number of aromatic nitrogens is 3. The predicted octanol–water partition coefficient (Wildman–Crippen LogP) is 2.23. The maximum Gasteiger partial charge on any atom is 0.288 e. The highest BCUT2D eigenvalue weighted by Crippen LogP contribution is 2.27. The normalized spacial score (nSPS) is 10.2. The van der Waals surface area contributed by atoms with Gasteiger partial charge in [0.15, 0.2) is 11.6 Å². The van der Waals surface area contributed by atoms with Crippen LogP contribution in [0.4, 0.5) is 31.8 Å². The fourth-order valence-electron chi connectivity index (χ4n) is 1.99. The molecule has 132 valence electrons. The fourth-order valence-corrected chi connectivity index (χ4v) is 1.99. The van der Waals surface area contributed by atoms with Crippen molar-refractivity contribution in [2.45, 2.75) is 0 Å². The van der Waals surface area contributed by atoms with E-state index in [2.05, 4.69) is 31.1 Å². The van der Waals surface area contributed by atoms with Gasteiger partial charge in [-0.3, -0.25) is 20.6 Å². The quantitative estimate of drug-likeness (QED) is 0.517. The Morgan fingerprint density at radius 2 is 1.85 bits per heavy atom. The van der Waals surface area contributed by atoms with Crippen molar-refractivity contribution < 1.29 is 13.6 Å². The van der Waals surface area contributed by atoms with Gasteiger partial charge in [0, 0.05) is 12.3 Å². The summed E-state index contributed by atoms with van der Waals surface area (Å²) < 4.78 is 27.0. The molecule has 0 aliphatic heterocycles. The van der Waals surface area contributed by atoms with Crippen LogP contribution in [0.15, 0.2) is 48.9 Å². The summed E-state index contributed by atoms with van der Waals surface area (Å²) in [6.45, 7) is 0. The minimum Gasteiger partial charge on any atom is -0.393 e. The van der Waals surface area contributed by atoms with Crippen LogP contribution in [-0.4, -0.2) is 20.9 Å². The van der Waals surface area contributed by atoms with E-state index in [0.717, 1.165) is 24.5 Å². The molecule has 10 heteroatoms. The lowest BCUT2D eigenvalue weighted by Crippen LogP contribution is -2.31. The third-order valence-electron chi connectivity index (χ3n) is 3.26. The summed E-state index contributed by atoms with van der Waals surface area (Å²) in [6.07, 6.45) is 2.62. The lowest BCUT2D eigenvalue weighted by molar-refractivity contribution is 0.0957. The van der Waals surface area contributed by atoms with Crippen molar-refractivity contribution in [3.63, 3.8) is 0 Å². The van der Waals surface area contributed by atoms with Crippen LogP contribution in [0.5, 0.6) is 0 Å². The molecule has 0 atom stereocenters. The second kappa shape index (κ2) is 7.38. The topological polar surface area (TPSA) is 118 Å².